The lowest BCUT2D eigenvalue weighted by Gasteiger charge is -2.13. The molecule has 28 heavy (non-hydrogen) atoms. The van der Waals surface area contributed by atoms with Crippen LogP contribution in [0.3, 0.4) is 0 Å². The van der Waals surface area contributed by atoms with Crippen molar-refractivity contribution < 1.29 is 9.47 Å². The first-order chi connectivity index (χ1) is 13.7. The maximum absolute atomic E-state index is 6.15. The number of para-hydroxylation sites is 1. The number of fused-ring (bicyclic) bond motifs is 1. The Bertz CT molecular complexity index is 1110. The molecule has 0 fully saturated rings. The number of ether oxygens (including phenoxy) is 2. The number of nitrogens with one attached hydrogen (secondary N) is 1. The van der Waals surface area contributed by atoms with Crippen molar-refractivity contribution in [1.82, 2.24) is 19.7 Å². The van der Waals surface area contributed by atoms with E-state index in [0.29, 0.717) is 40.7 Å². The number of rotatable bonds is 6. The number of nitrogens with zero attached hydrogens (tertiary/aromatic N) is 4. The minimum absolute atomic E-state index is 0.369. The maximum atomic E-state index is 6.15. The number of benzene rings is 2. The van der Waals surface area contributed by atoms with Crippen molar-refractivity contribution >= 4 is 22.7 Å². The Morgan fingerprint density at radius 2 is 1.82 bits per heavy atom. The summed E-state index contributed by atoms with van der Waals surface area (Å²) in [6.45, 7) is 0.522. The van der Waals surface area contributed by atoms with E-state index in [1.54, 1.807) is 32.5 Å². The lowest BCUT2D eigenvalue weighted by molar-refractivity contribution is 0.356. The Hall–Kier alpha value is -3.81. The van der Waals surface area contributed by atoms with Crippen LogP contribution in [0.15, 0.2) is 54.9 Å². The quantitative estimate of drug-likeness (QED) is 0.533. The van der Waals surface area contributed by atoms with Crippen LogP contribution in [0.4, 0.5) is 11.8 Å². The molecule has 142 valence electrons. The van der Waals surface area contributed by atoms with Crippen LogP contribution in [-0.2, 0) is 6.54 Å². The maximum Gasteiger partial charge on any atom is 0.225 e. The van der Waals surface area contributed by atoms with Crippen LogP contribution >= 0.6 is 0 Å². The van der Waals surface area contributed by atoms with Crippen molar-refractivity contribution in [2.75, 3.05) is 25.3 Å². The highest BCUT2D eigenvalue weighted by molar-refractivity contribution is 5.91. The molecule has 0 unspecified atom stereocenters. The molecular formula is C20H20N6O2. The molecule has 0 saturated carbocycles. The fourth-order valence-corrected chi connectivity index (χ4v) is 3.03. The normalized spacial score (nSPS) is 10.8. The molecule has 2 aromatic heterocycles. The molecule has 2 aromatic carbocycles. The first-order valence-corrected chi connectivity index (χ1v) is 8.70. The van der Waals surface area contributed by atoms with E-state index in [-0.39, 0.29) is 0 Å². The van der Waals surface area contributed by atoms with Crippen LogP contribution in [0.25, 0.3) is 16.6 Å². The molecule has 0 atom stereocenters. The third-order valence-corrected chi connectivity index (χ3v) is 4.41. The highest BCUT2D eigenvalue weighted by atomic mass is 16.5. The molecule has 0 saturated heterocycles. The molecule has 4 rings (SSSR count). The average molecular weight is 376 g/mol. The lowest BCUT2D eigenvalue weighted by atomic mass is 10.2. The summed E-state index contributed by atoms with van der Waals surface area (Å²) in [6.07, 6.45) is 3.65. The van der Waals surface area contributed by atoms with Gasteiger partial charge in [-0.15, -0.1) is 0 Å². The molecule has 2 heterocycles. The van der Waals surface area contributed by atoms with E-state index in [4.69, 9.17) is 15.2 Å². The number of methoxy groups -OCH3 is 2. The van der Waals surface area contributed by atoms with Gasteiger partial charge in [-0.25, -0.2) is 9.67 Å². The number of nitrogens with two attached hydrogens (primary N) is 1. The van der Waals surface area contributed by atoms with Crippen molar-refractivity contribution in [2.24, 2.45) is 0 Å². The van der Waals surface area contributed by atoms with Gasteiger partial charge in [0.1, 0.15) is 5.82 Å². The second-order valence-electron chi connectivity index (χ2n) is 6.09. The molecule has 0 aliphatic rings. The smallest absolute Gasteiger partial charge is 0.225 e. The Kier molecular flexibility index (Phi) is 4.67. The first kappa shape index (κ1) is 17.6. The van der Waals surface area contributed by atoms with Crippen molar-refractivity contribution in [1.29, 1.82) is 0 Å². The van der Waals surface area contributed by atoms with E-state index in [2.05, 4.69) is 20.4 Å². The van der Waals surface area contributed by atoms with Gasteiger partial charge in [-0.2, -0.15) is 10.1 Å². The van der Waals surface area contributed by atoms with Gasteiger partial charge in [0, 0.05) is 30.4 Å². The van der Waals surface area contributed by atoms with E-state index in [1.165, 1.54) is 0 Å². The summed E-state index contributed by atoms with van der Waals surface area (Å²) in [7, 11) is 3.16. The summed E-state index contributed by atoms with van der Waals surface area (Å²) >= 11 is 0. The summed E-state index contributed by atoms with van der Waals surface area (Å²) in [6, 6.07) is 13.5. The lowest BCUT2D eigenvalue weighted by Crippen LogP contribution is -2.09. The standard InChI is InChI=1S/C20H20N6O2/c1-27-17-10-14-15(11-18(17)28-2)24-20(25-19(14)21)22-12-13-6-3-4-7-16(13)26-9-5-8-23-26/h3-11H,12H2,1-2H3,(H3,21,22,24,25). The van der Waals surface area contributed by atoms with Gasteiger partial charge in [0.2, 0.25) is 5.95 Å². The van der Waals surface area contributed by atoms with Crippen LogP contribution in [-0.4, -0.2) is 34.0 Å². The van der Waals surface area contributed by atoms with Gasteiger partial charge >= 0.3 is 0 Å². The number of hydrogen-bond donors (Lipinski definition) is 2. The SMILES string of the molecule is COc1cc2nc(NCc3ccccc3-n3cccn3)nc(N)c2cc1OC. The zero-order valence-corrected chi connectivity index (χ0v) is 15.6. The minimum Gasteiger partial charge on any atom is -0.493 e. The molecule has 0 aliphatic carbocycles. The highest BCUT2D eigenvalue weighted by Crippen LogP contribution is 2.33. The average Bonchev–Trinajstić information content (AvgIpc) is 3.26. The summed E-state index contributed by atoms with van der Waals surface area (Å²) in [4.78, 5) is 8.94. The second kappa shape index (κ2) is 7.43. The monoisotopic (exact) mass is 376 g/mol. The van der Waals surface area contributed by atoms with Crippen molar-refractivity contribution in [3.63, 3.8) is 0 Å². The number of hydrogen-bond acceptors (Lipinski definition) is 7. The predicted molar refractivity (Wildman–Crippen MR) is 108 cm³/mol. The molecular weight excluding hydrogens is 356 g/mol. The zero-order chi connectivity index (χ0) is 19.5. The van der Waals surface area contributed by atoms with E-state index in [0.717, 1.165) is 11.3 Å². The number of aromatic nitrogens is 4. The highest BCUT2D eigenvalue weighted by Gasteiger charge is 2.12. The van der Waals surface area contributed by atoms with Crippen LogP contribution in [0, 0.1) is 0 Å². The summed E-state index contributed by atoms with van der Waals surface area (Å²) in [5, 5.41) is 8.26. The number of anilines is 2. The predicted octanol–water partition coefficient (Wildman–Crippen LogP) is 3.03. The zero-order valence-electron chi connectivity index (χ0n) is 15.6. The van der Waals surface area contributed by atoms with Crippen LogP contribution < -0.4 is 20.5 Å². The fourth-order valence-electron chi connectivity index (χ4n) is 3.03. The van der Waals surface area contributed by atoms with E-state index >= 15 is 0 Å². The van der Waals surface area contributed by atoms with E-state index < -0.39 is 0 Å². The van der Waals surface area contributed by atoms with E-state index in [1.807, 2.05) is 41.2 Å². The molecule has 0 aliphatic heterocycles. The fraction of sp³-hybridized carbons (Fsp3) is 0.150. The topological polar surface area (TPSA) is 100 Å². The molecule has 8 heteroatoms. The Balaban J connectivity index is 1.64. The Labute approximate surface area is 161 Å². The summed E-state index contributed by atoms with van der Waals surface area (Å²) in [5.74, 6) is 1.98. The van der Waals surface area contributed by atoms with Crippen molar-refractivity contribution in [2.45, 2.75) is 6.54 Å². The van der Waals surface area contributed by atoms with Crippen LogP contribution in [0.1, 0.15) is 5.56 Å². The molecule has 8 nitrogen and oxygen atoms in total. The van der Waals surface area contributed by atoms with Gasteiger partial charge in [-0.1, -0.05) is 18.2 Å². The molecule has 0 spiro atoms. The molecule has 3 N–H and O–H groups in total. The Morgan fingerprint density at radius 3 is 2.57 bits per heavy atom. The molecule has 4 aromatic rings. The third kappa shape index (κ3) is 3.27. The Morgan fingerprint density at radius 1 is 1.04 bits per heavy atom. The van der Waals surface area contributed by atoms with Gasteiger partial charge in [0.15, 0.2) is 11.5 Å². The van der Waals surface area contributed by atoms with Gasteiger partial charge in [0.05, 0.1) is 25.4 Å². The van der Waals surface area contributed by atoms with Crippen molar-refractivity contribution in [3.05, 3.63) is 60.4 Å². The summed E-state index contributed by atoms with van der Waals surface area (Å²) < 4.78 is 12.5. The van der Waals surface area contributed by atoms with Crippen LogP contribution in [0.2, 0.25) is 0 Å². The largest absolute Gasteiger partial charge is 0.493 e. The molecule has 0 radical (unpaired) electrons. The van der Waals surface area contributed by atoms with Gasteiger partial charge in [-0.05, 0) is 23.8 Å². The van der Waals surface area contributed by atoms with Crippen LogP contribution in [0.5, 0.6) is 11.5 Å². The van der Waals surface area contributed by atoms with Crippen molar-refractivity contribution in [3.8, 4) is 17.2 Å². The minimum atomic E-state index is 0.369. The molecule has 0 amide bonds. The first-order valence-electron chi connectivity index (χ1n) is 8.70. The van der Waals surface area contributed by atoms with Gasteiger partial charge in [-0.3, -0.25) is 0 Å². The summed E-state index contributed by atoms with van der Waals surface area (Å²) in [5.41, 5.74) is 8.86. The molecule has 0 bridgehead atoms. The second-order valence-corrected chi connectivity index (χ2v) is 6.09. The van der Waals surface area contributed by atoms with E-state index in [9.17, 15) is 0 Å². The number of nitrogen functional groups attached to an aromatic ring is 1. The van der Waals surface area contributed by atoms with Gasteiger partial charge < -0.3 is 20.5 Å². The third-order valence-electron chi connectivity index (χ3n) is 4.41. The van der Waals surface area contributed by atoms with Gasteiger partial charge in [0.25, 0.3) is 0 Å².